The molecular formula is C33H44N4. The highest BCUT2D eigenvalue weighted by atomic mass is 15.3. The minimum atomic E-state index is 0. The van der Waals surface area contributed by atoms with Crippen molar-refractivity contribution in [1.82, 2.24) is 14.6 Å². The van der Waals surface area contributed by atoms with Gasteiger partial charge in [-0.1, -0.05) is 89.8 Å². The Bertz CT molecular complexity index is 1290. The van der Waals surface area contributed by atoms with Gasteiger partial charge in [0.1, 0.15) is 6.07 Å². The summed E-state index contributed by atoms with van der Waals surface area (Å²) in [5.41, 5.74) is 9.22. The van der Waals surface area contributed by atoms with Gasteiger partial charge in [0.2, 0.25) is 0 Å². The van der Waals surface area contributed by atoms with Crippen molar-refractivity contribution in [3.8, 4) is 17.2 Å². The molecule has 0 amide bonds. The first-order valence-corrected chi connectivity index (χ1v) is 13.5. The van der Waals surface area contributed by atoms with Crippen LogP contribution in [0.2, 0.25) is 0 Å². The number of hydrogen-bond donors (Lipinski definition) is 0. The maximum atomic E-state index is 9.93. The summed E-state index contributed by atoms with van der Waals surface area (Å²) >= 11 is 0. The van der Waals surface area contributed by atoms with Crippen molar-refractivity contribution in [1.29, 1.82) is 5.26 Å². The summed E-state index contributed by atoms with van der Waals surface area (Å²) in [5.74, 6) is 0.908. The van der Waals surface area contributed by atoms with Crippen LogP contribution in [0.25, 0.3) is 22.3 Å². The van der Waals surface area contributed by atoms with Crippen molar-refractivity contribution in [2.45, 2.75) is 87.0 Å². The van der Waals surface area contributed by atoms with Gasteiger partial charge >= 0.3 is 0 Å². The summed E-state index contributed by atoms with van der Waals surface area (Å²) in [6.45, 7) is 16.3. The van der Waals surface area contributed by atoms with E-state index in [4.69, 9.17) is 4.98 Å². The number of allylic oxidation sites excluding steroid dienone is 5. The molecule has 37 heavy (non-hydrogen) atoms. The molecule has 2 heterocycles. The van der Waals surface area contributed by atoms with Gasteiger partial charge in [-0.25, -0.2) is 9.50 Å². The highest BCUT2D eigenvalue weighted by Crippen LogP contribution is 2.40. The first kappa shape index (κ1) is 29.8. The van der Waals surface area contributed by atoms with Crippen LogP contribution in [0.5, 0.6) is 0 Å². The van der Waals surface area contributed by atoms with Crippen LogP contribution in [-0.2, 0) is 0 Å². The van der Waals surface area contributed by atoms with Gasteiger partial charge in [0.05, 0.1) is 23.1 Å². The number of nitrogens with zero attached hydrogens (tertiary/aromatic N) is 4. The van der Waals surface area contributed by atoms with E-state index in [-0.39, 0.29) is 7.43 Å². The molecule has 2 aliphatic rings. The number of nitriles is 1. The van der Waals surface area contributed by atoms with E-state index in [2.05, 4.69) is 67.2 Å². The van der Waals surface area contributed by atoms with Crippen molar-refractivity contribution in [2.24, 2.45) is 5.92 Å². The third-order valence-corrected chi connectivity index (χ3v) is 7.13. The number of hydrogen-bond acceptors (Lipinski definition) is 3. The largest absolute Gasteiger partial charge is 0.231 e. The van der Waals surface area contributed by atoms with Crippen molar-refractivity contribution < 1.29 is 0 Å². The standard InChI is InChI=1S/C28H28N4.2C2H6.CH4/c1-18(2)20-8-14-24(15-9-20)27-25(16-29)19(3)32-28(31-27)26(17-30-32)23-12-10-22(11-13-23)21-6-4-5-7-21;2*1-2;/h4,6-7,10-13,17,20,24H,1,5,8-9,14-15H2,2-3H3;2*1-2H3;1H4. The fourth-order valence-corrected chi connectivity index (χ4v) is 5.17. The summed E-state index contributed by atoms with van der Waals surface area (Å²) < 4.78 is 1.83. The second-order valence-electron chi connectivity index (χ2n) is 9.13. The van der Waals surface area contributed by atoms with Crippen LogP contribution in [0.1, 0.15) is 103 Å². The fourth-order valence-electron chi connectivity index (χ4n) is 5.17. The average Bonchev–Trinajstić information content (AvgIpc) is 3.62. The lowest BCUT2D eigenvalue weighted by atomic mass is 9.77. The molecule has 196 valence electrons. The lowest BCUT2D eigenvalue weighted by molar-refractivity contribution is 0.359. The maximum absolute atomic E-state index is 9.93. The molecule has 0 bridgehead atoms. The van der Waals surface area contributed by atoms with E-state index in [0.29, 0.717) is 17.4 Å². The summed E-state index contributed by atoms with van der Waals surface area (Å²) in [7, 11) is 0. The average molecular weight is 497 g/mol. The number of aromatic nitrogens is 3. The van der Waals surface area contributed by atoms with Crippen LogP contribution < -0.4 is 0 Å². The zero-order valence-corrected chi connectivity index (χ0v) is 22.8. The van der Waals surface area contributed by atoms with E-state index >= 15 is 0 Å². The van der Waals surface area contributed by atoms with E-state index in [1.54, 1.807) is 0 Å². The summed E-state index contributed by atoms with van der Waals surface area (Å²) in [5, 5.41) is 14.5. The third-order valence-electron chi connectivity index (χ3n) is 7.13. The Morgan fingerprint density at radius 1 is 1.03 bits per heavy atom. The molecule has 0 spiro atoms. The Morgan fingerprint density at radius 3 is 2.19 bits per heavy atom. The Kier molecular flexibility index (Phi) is 11.1. The van der Waals surface area contributed by atoms with E-state index in [0.717, 1.165) is 60.3 Å². The molecule has 0 N–H and O–H groups in total. The molecule has 1 fully saturated rings. The second kappa shape index (κ2) is 13.7. The monoisotopic (exact) mass is 496 g/mol. The highest BCUT2D eigenvalue weighted by molar-refractivity contribution is 5.81. The predicted molar refractivity (Wildman–Crippen MR) is 159 cm³/mol. The Balaban J connectivity index is 0.000000919. The maximum Gasteiger partial charge on any atom is 0.163 e. The summed E-state index contributed by atoms with van der Waals surface area (Å²) in [6.07, 6.45) is 13.8. The van der Waals surface area contributed by atoms with Crippen LogP contribution >= 0.6 is 0 Å². The molecule has 5 rings (SSSR count). The molecule has 4 heteroatoms. The van der Waals surface area contributed by atoms with Crippen molar-refractivity contribution >= 4 is 11.2 Å². The molecule has 0 radical (unpaired) electrons. The zero-order chi connectivity index (χ0) is 26.2. The van der Waals surface area contributed by atoms with Gasteiger partial charge in [-0.15, -0.1) is 0 Å². The molecule has 0 atom stereocenters. The normalized spacial score (nSPS) is 17.9. The first-order chi connectivity index (χ1) is 17.6. The lowest BCUT2D eigenvalue weighted by Crippen LogP contribution is -2.17. The minimum absolute atomic E-state index is 0. The zero-order valence-electron chi connectivity index (χ0n) is 22.8. The third kappa shape index (κ3) is 6.10. The van der Waals surface area contributed by atoms with Crippen LogP contribution in [-0.4, -0.2) is 14.6 Å². The number of fused-ring (bicyclic) bond motifs is 1. The van der Waals surface area contributed by atoms with Crippen LogP contribution in [0, 0.1) is 24.2 Å². The van der Waals surface area contributed by atoms with Crippen molar-refractivity contribution in [3.63, 3.8) is 0 Å². The van der Waals surface area contributed by atoms with Gasteiger partial charge < -0.3 is 0 Å². The fraction of sp³-hybridized carbons (Fsp3) is 0.424. The SMILES string of the molecule is C.C=C(C)C1CCC(c2nc3c(-c4ccc(C5=CCC=C5)cc4)cnn3c(C)c2C#N)CC1.CC.CC. The van der Waals surface area contributed by atoms with Crippen LogP contribution in [0.4, 0.5) is 0 Å². The quantitative estimate of drug-likeness (QED) is 0.338. The number of rotatable bonds is 4. The smallest absolute Gasteiger partial charge is 0.163 e. The molecule has 2 aliphatic carbocycles. The molecule has 0 aliphatic heterocycles. The van der Waals surface area contributed by atoms with Crippen molar-refractivity contribution in [2.75, 3.05) is 0 Å². The van der Waals surface area contributed by atoms with E-state index in [9.17, 15) is 5.26 Å². The molecule has 1 aromatic carbocycles. The van der Waals surface area contributed by atoms with Crippen molar-refractivity contribution in [3.05, 3.63) is 83.4 Å². The van der Waals surface area contributed by atoms with Gasteiger partial charge in [-0.05, 0) is 68.6 Å². The van der Waals surface area contributed by atoms with Gasteiger partial charge in [-0.3, -0.25) is 0 Å². The van der Waals surface area contributed by atoms with E-state index in [1.807, 2.05) is 45.3 Å². The van der Waals surface area contributed by atoms with Gasteiger partial charge in [0, 0.05) is 11.5 Å². The summed E-state index contributed by atoms with van der Waals surface area (Å²) in [4.78, 5) is 5.07. The molecule has 2 aromatic heterocycles. The molecule has 0 unspecified atom stereocenters. The number of benzene rings is 1. The lowest BCUT2D eigenvalue weighted by Gasteiger charge is -2.29. The topological polar surface area (TPSA) is 54.0 Å². The Labute approximate surface area is 224 Å². The molecule has 0 saturated heterocycles. The molecule has 3 aromatic rings. The van der Waals surface area contributed by atoms with Crippen LogP contribution in [0.15, 0.2) is 60.8 Å². The van der Waals surface area contributed by atoms with E-state index in [1.165, 1.54) is 16.7 Å². The van der Waals surface area contributed by atoms with Crippen LogP contribution in [0.3, 0.4) is 0 Å². The molecular weight excluding hydrogens is 452 g/mol. The van der Waals surface area contributed by atoms with Gasteiger partial charge in [0.25, 0.3) is 0 Å². The van der Waals surface area contributed by atoms with Gasteiger partial charge in [0.15, 0.2) is 5.65 Å². The first-order valence-electron chi connectivity index (χ1n) is 13.5. The number of aryl methyl sites for hydroxylation is 1. The Morgan fingerprint density at radius 2 is 1.65 bits per heavy atom. The van der Waals surface area contributed by atoms with Gasteiger partial charge in [-0.2, -0.15) is 10.4 Å². The Hall–Kier alpha value is -3.45. The molecule has 4 nitrogen and oxygen atoms in total. The predicted octanol–water partition coefficient (Wildman–Crippen LogP) is 9.46. The molecule has 1 saturated carbocycles. The van der Waals surface area contributed by atoms with E-state index < -0.39 is 0 Å². The second-order valence-corrected chi connectivity index (χ2v) is 9.13. The highest BCUT2D eigenvalue weighted by Gasteiger charge is 2.28. The summed E-state index contributed by atoms with van der Waals surface area (Å²) in [6, 6.07) is 11.0. The minimum Gasteiger partial charge on any atom is -0.231 e.